The lowest BCUT2D eigenvalue weighted by atomic mass is 10.1. The Morgan fingerprint density at radius 1 is 1.62 bits per heavy atom. The van der Waals surface area contributed by atoms with Gasteiger partial charge in [-0.3, -0.25) is 9.59 Å². The van der Waals surface area contributed by atoms with Crippen LogP contribution in [0.5, 0.6) is 0 Å². The molecule has 1 rings (SSSR count). The van der Waals surface area contributed by atoms with Crippen molar-refractivity contribution in [2.45, 2.75) is 19.4 Å². The highest BCUT2D eigenvalue weighted by Gasteiger charge is 2.29. The van der Waals surface area contributed by atoms with E-state index in [0.717, 1.165) is 6.42 Å². The SMILES string of the molecule is CCC1COCCN1C(=O)C(=O)NCC#N. The van der Waals surface area contributed by atoms with Crippen LogP contribution in [0.1, 0.15) is 13.3 Å². The van der Waals surface area contributed by atoms with Crippen LogP contribution in [0.2, 0.25) is 0 Å². The van der Waals surface area contributed by atoms with E-state index in [1.807, 2.05) is 6.92 Å². The molecule has 0 aromatic carbocycles. The molecule has 88 valence electrons. The second kappa shape index (κ2) is 6.08. The van der Waals surface area contributed by atoms with Gasteiger partial charge in [0.1, 0.15) is 6.54 Å². The molecule has 6 heteroatoms. The van der Waals surface area contributed by atoms with Crippen molar-refractivity contribution in [3.05, 3.63) is 0 Å². The molecule has 1 atom stereocenters. The Morgan fingerprint density at radius 3 is 3.00 bits per heavy atom. The van der Waals surface area contributed by atoms with Gasteiger partial charge in [-0.1, -0.05) is 6.92 Å². The average molecular weight is 225 g/mol. The number of morpholine rings is 1. The monoisotopic (exact) mass is 225 g/mol. The zero-order chi connectivity index (χ0) is 12.0. The number of nitrogens with one attached hydrogen (secondary N) is 1. The molecule has 1 fully saturated rings. The predicted octanol–water partition coefficient (Wildman–Crippen LogP) is -0.736. The molecule has 0 bridgehead atoms. The minimum absolute atomic E-state index is 0.0471. The van der Waals surface area contributed by atoms with Crippen LogP contribution in [0, 0.1) is 11.3 Å². The highest BCUT2D eigenvalue weighted by molar-refractivity contribution is 6.35. The van der Waals surface area contributed by atoms with Crippen molar-refractivity contribution in [2.75, 3.05) is 26.3 Å². The first-order valence-corrected chi connectivity index (χ1v) is 5.24. The summed E-state index contributed by atoms with van der Waals surface area (Å²) in [6.45, 7) is 3.14. The van der Waals surface area contributed by atoms with Crippen molar-refractivity contribution in [3.8, 4) is 6.07 Å². The van der Waals surface area contributed by atoms with Gasteiger partial charge in [0.05, 0.1) is 25.3 Å². The Labute approximate surface area is 94.2 Å². The first kappa shape index (κ1) is 12.5. The van der Waals surface area contributed by atoms with Gasteiger partial charge < -0.3 is 15.0 Å². The van der Waals surface area contributed by atoms with E-state index in [-0.39, 0.29) is 12.6 Å². The maximum absolute atomic E-state index is 11.7. The van der Waals surface area contributed by atoms with Gasteiger partial charge in [0.25, 0.3) is 0 Å². The van der Waals surface area contributed by atoms with Crippen LogP contribution in [-0.2, 0) is 14.3 Å². The molecule has 1 aliphatic heterocycles. The summed E-state index contributed by atoms with van der Waals surface area (Å²) in [5.74, 6) is -1.30. The topological polar surface area (TPSA) is 82.4 Å². The summed E-state index contributed by atoms with van der Waals surface area (Å²) in [7, 11) is 0. The number of rotatable bonds is 2. The molecule has 1 N–H and O–H groups in total. The van der Waals surface area contributed by atoms with E-state index in [1.54, 1.807) is 6.07 Å². The van der Waals surface area contributed by atoms with Gasteiger partial charge in [0, 0.05) is 6.54 Å². The summed E-state index contributed by atoms with van der Waals surface area (Å²) in [6, 6.07) is 1.71. The first-order chi connectivity index (χ1) is 7.70. The van der Waals surface area contributed by atoms with E-state index in [1.165, 1.54) is 4.90 Å². The average Bonchev–Trinajstić information content (AvgIpc) is 2.34. The lowest BCUT2D eigenvalue weighted by Crippen LogP contribution is -2.53. The minimum atomic E-state index is -0.720. The molecule has 6 nitrogen and oxygen atoms in total. The Bertz CT molecular complexity index is 311. The number of hydrogen-bond donors (Lipinski definition) is 1. The smallest absolute Gasteiger partial charge is 0.312 e. The third-order valence-electron chi connectivity index (χ3n) is 2.48. The van der Waals surface area contributed by atoms with Gasteiger partial charge >= 0.3 is 11.8 Å². The van der Waals surface area contributed by atoms with Crippen LogP contribution in [-0.4, -0.2) is 49.1 Å². The van der Waals surface area contributed by atoms with E-state index in [9.17, 15) is 9.59 Å². The Balaban J connectivity index is 2.57. The summed E-state index contributed by atoms with van der Waals surface area (Å²) in [5, 5.41) is 10.5. The molecule has 0 aromatic rings. The lowest BCUT2D eigenvalue weighted by Gasteiger charge is -2.34. The van der Waals surface area contributed by atoms with E-state index in [2.05, 4.69) is 5.32 Å². The summed E-state index contributed by atoms with van der Waals surface area (Å²) < 4.78 is 5.24. The second-order valence-corrected chi connectivity index (χ2v) is 3.48. The number of nitrogens with zero attached hydrogens (tertiary/aromatic N) is 2. The van der Waals surface area contributed by atoms with Crippen molar-refractivity contribution in [3.63, 3.8) is 0 Å². The molecular weight excluding hydrogens is 210 g/mol. The molecule has 1 aliphatic rings. The summed E-state index contributed by atoms with van der Waals surface area (Å²) in [4.78, 5) is 24.6. The van der Waals surface area contributed by atoms with Crippen LogP contribution in [0.15, 0.2) is 0 Å². The quantitative estimate of drug-likeness (QED) is 0.496. The first-order valence-electron chi connectivity index (χ1n) is 5.24. The van der Waals surface area contributed by atoms with Crippen molar-refractivity contribution < 1.29 is 14.3 Å². The maximum Gasteiger partial charge on any atom is 0.312 e. The number of amides is 2. The Hall–Kier alpha value is -1.61. The van der Waals surface area contributed by atoms with Crippen molar-refractivity contribution in [1.82, 2.24) is 10.2 Å². The van der Waals surface area contributed by atoms with Gasteiger partial charge in [0.15, 0.2) is 0 Å². The van der Waals surface area contributed by atoms with E-state index in [4.69, 9.17) is 10.00 Å². The van der Waals surface area contributed by atoms with Crippen LogP contribution in [0.25, 0.3) is 0 Å². The highest BCUT2D eigenvalue weighted by atomic mass is 16.5. The molecule has 0 aliphatic carbocycles. The molecule has 0 saturated carbocycles. The third-order valence-corrected chi connectivity index (χ3v) is 2.48. The summed E-state index contributed by atoms with van der Waals surface area (Å²) in [5.41, 5.74) is 0. The largest absolute Gasteiger partial charge is 0.377 e. The third kappa shape index (κ3) is 2.94. The summed E-state index contributed by atoms with van der Waals surface area (Å²) >= 11 is 0. The zero-order valence-electron chi connectivity index (χ0n) is 9.23. The fourth-order valence-corrected chi connectivity index (χ4v) is 1.59. The number of hydrogen-bond acceptors (Lipinski definition) is 4. The molecule has 1 unspecified atom stereocenters. The molecule has 0 radical (unpaired) electrons. The van der Waals surface area contributed by atoms with Gasteiger partial charge in [-0.25, -0.2) is 0 Å². The van der Waals surface area contributed by atoms with Crippen molar-refractivity contribution >= 4 is 11.8 Å². The van der Waals surface area contributed by atoms with E-state index < -0.39 is 11.8 Å². The van der Waals surface area contributed by atoms with Gasteiger partial charge in [0.2, 0.25) is 0 Å². The van der Waals surface area contributed by atoms with Gasteiger partial charge in [-0.05, 0) is 6.42 Å². The van der Waals surface area contributed by atoms with Crippen LogP contribution < -0.4 is 5.32 Å². The Morgan fingerprint density at radius 2 is 2.38 bits per heavy atom. The molecule has 16 heavy (non-hydrogen) atoms. The zero-order valence-corrected chi connectivity index (χ0v) is 9.23. The van der Waals surface area contributed by atoms with Crippen LogP contribution in [0.4, 0.5) is 0 Å². The van der Waals surface area contributed by atoms with Crippen LogP contribution >= 0.6 is 0 Å². The molecule has 1 saturated heterocycles. The second-order valence-electron chi connectivity index (χ2n) is 3.48. The van der Waals surface area contributed by atoms with E-state index >= 15 is 0 Å². The standard InChI is InChI=1S/C10H15N3O3/c1-2-8-7-16-6-5-13(8)10(15)9(14)12-4-3-11/h8H,2,4-7H2,1H3,(H,12,14). The van der Waals surface area contributed by atoms with Crippen molar-refractivity contribution in [2.24, 2.45) is 0 Å². The fourth-order valence-electron chi connectivity index (χ4n) is 1.59. The Kier molecular flexibility index (Phi) is 4.73. The predicted molar refractivity (Wildman–Crippen MR) is 55.2 cm³/mol. The van der Waals surface area contributed by atoms with E-state index in [0.29, 0.717) is 19.8 Å². The highest BCUT2D eigenvalue weighted by Crippen LogP contribution is 2.10. The van der Waals surface area contributed by atoms with Gasteiger partial charge in [-0.15, -0.1) is 0 Å². The van der Waals surface area contributed by atoms with Crippen molar-refractivity contribution in [1.29, 1.82) is 5.26 Å². The molecule has 0 spiro atoms. The molecule has 2 amide bonds. The summed E-state index contributed by atoms with van der Waals surface area (Å²) in [6.07, 6.45) is 0.747. The minimum Gasteiger partial charge on any atom is -0.377 e. The molecule has 0 aromatic heterocycles. The lowest BCUT2D eigenvalue weighted by molar-refractivity contribution is -0.151. The number of carbonyl (C=O) groups excluding carboxylic acids is 2. The number of nitriles is 1. The normalized spacial score (nSPS) is 20.0. The number of ether oxygens (including phenoxy) is 1. The molecular formula is C10H15N3O3. The number of carbonyl (C=O) groups is 2. The molecule has 1 heterocycles. The fraction of sp³-hybridized carbons (Fsp3) is 0.700. The van der Waals surface area contributed by atoms with Crippen LogP contribution in [0.3, 0.4) is 0 Å². The maximum atomic E-state index is 11.7. The van der Waals surface area contributed by atoms with Gasteiger partial charge in [-0.2, -0.15) is 5.26 Å².